The highest BCUT2D eigenvalue weighted by atomic mass is 16.2. The van der Waals surface area contributed by atoms with E-state index in [1.165, 1.54) is 0 Å². The Hall–Kier alpha value is -1.35. The maximum atomic E-state index is 12.5. The van der Waals surface area contributed by atoms with Crippen LogP contribution in [0.25, 0.3) is 0 Å². The van der Waals surface area contributed by atoms with Crippen molar-refractivity contribution in [3.63, 3.8) is 0 Å². The summed E-state index contributed by atoms with van der Waals surface area (Å²) in [4.78, 5) is 14.6. The van der Waals surface area contributed by atoms with Gasteiger partial charge < -0.3 is 10.2 Å². The standard InChI is InChI=1S/C16H24N2O/c1-2-12-18(15-8-10-17-11-9-15)16(19)13-14-6-4-3-5-7-14/h3-7,15,17H,2,8-13H2,1H3. The second-order valence-corrected chi connectivity index (χ2v) is 5.23. The third-order valence-corrected chi connectivity index (χ3v) is 3.73. The average Bonchev–Trinajstić information content (AvgIpc) is 2.46. The number of nitrogens with one attached hydrogen (secondary N) is 1. The number of hydrogen-bond donors (Lipinski definition) is 1. The third-order valence-electron chi connectivity index (χ3n) is 3.73. The van der Waals surface area contributed by atoms with E-state index < -0.39 is 0 Å². The second-order valence-electron chi connectivity index (χ2n) is 5.23. The molecule has 104 valence electrons. The predicted octanol–water partition coefficient (Wildman–Crippen LogP) is 2.22. The maximum Gasteiger partial charge on any atom is 0.227 e. The largest absolute Gasteiger partial charge is 0.339 e. The quantitative estimate of drug-likeness (QED) is 0.880. The minimum absolute atomic E-state index is 0.278. The number of hydrogen-bond acceptors (Lipinski definition) is 2. The number of carbonyl (C=O) groups is 1. The Morgan fingerprint density at radius 1 is 1.26 bits per heavy atom. The number of piperidine rings is 1. The molecule has 3 heteroatoms. The van der Waals surface area contributed by atoms with Gasteiger partial charge in [0.1, 0.15) is 0 Å². The van der Waals surface area contributed by atoms with Gasteiger partial charge in [-0.3, -0.25) is 4.79 Å². The molecule has 1 aromatic rings. The fraction of sp³-hybridized carbons (Fsp3) is 0.562. The third kappa shape index (κ3) is 4.06. The van der Waals surface area contributed by atoms with Crippen molar-refractivity contribution in [3.05, 3.63) is 35.9 Å². The summed E-state index contributed by atoms with van der Waals surface area (Å²) in [6, 6.07) is 10.5. The van der Waals surface area contributed by atoms with E-state index in [4.69, 9.17) is 0 Å². The molecule has 0 spiro atoms. The lowest BCUT2D eigenvalue weighted by Gasteiger charge is -2.34. The first-order valence-electron chi connectivity index (χ1n) is 7.35. The number of amides is 1. The summed E-state index contributed by atoms with van der Waals surface area (Å²) >= 11 is 0. The Bertz CT molecular complexity index is 385. The molecule has 3 nitrogen and oxygen atoms in total. The molecule has 1 N–H and O–H groups in total. The lowest BCUT2D eigenvalue weighted by atomic mass is 10.0. The molecule has 1 aromatic carbocycles. The second kappa shape index (κ2) is 7.29. The Balaban J connectivity index is 1.99. The lowest BCUT2D eigenvalue weighted by Crippen LogP contribution is -2.47. The summed E-state index contributed by atoms with van der Waals surface area (Å²) < 4.78 is 0. The van der Waals surface area contributed by atoms with Crippen LogP contribution in [0.3, 0.4) is 0 Å². The molecule has 0 aliphatic carbocycles. The zero-order chi connectivity index (χ0) is 13.5. The summed E-state index contributed by atoms with van der Waals surface area (Å²) in [6.45, 7) is 5.09. The first kappa shape index (κ1) is 14.1. The van der Waals surface area contributed by atoms with E-state index in [1.807, 2.05) is 30.3 Å². The molecule has 0 radical (unpaired) electrons. The summed E-state index contributed by atoms with van der Waals surface area (Å²) in [5, 5.41) is 3.36. The molecule has 0 atom stereocenters. The van der Waals surface area contributed by atoms with Crippen LogP contribution in [0.15, 0.2) is 30.3 Å². The molecule has 0 saturated carbocycles. The fourth-order valence-electron chi connectivity index (χ4n) is 2.74. The molecular formula is C16H24N2O. The normalized spacial score (nSPS) is 16.3. The van der Waals surface area contributed by atoms with Crippen LogP contribution in [-0.4, -0.2) is 36.5 Å². The van der Waals surface area contributed by atoms with Crippen LogP contribution < -0.4 is 5.32 Å². The SMILES string of the molecule is CCCN(C(=O)Cc1ccccc1)C1CCNCC1. The van der Waals surface area contributed by atoms with E-state index in [2.05, 4.69) is 17.1 Å². The van der Waals surface area contributed by atoms with Gasteiger partial charge in [-0.25, -0.2) is 0 Å². The summed E-state index contributed by atoms with van der Waals surface area (Å²) in [5.74, 6) is 0.278. The molecule has 2 rings (SSSR count). The lowest BCUT2D eigenvalue weighted by molar-refractivity contribution is -0.133. The van der Waals surface area contributed by atoms with Gasteiger partial charge in [-0.2, -0.15) is 0 Å². The molecular weight excluding hydrogens is 236 g/mol. The van der Waals surface area contributed by atoms with Gasteiger partial charge in [0.25, 0.3) is 0 Å². The fourth-order valence-corrected chi connectivity index (χ4v) is 2.74. The number of nitrogens with zero attached hydrogens (tertiary/aromatic N) is 1. The Morgan fingerprint density at radius 2 is 1.95 bits per heavy atom. The van der Waals surface area contributed by atoms with Crippen LogP contribution in [0, 0.1) is 0 Å². The molecule has 1 fully saturated rings. The molecule has 0 aromatic heterocycles. The van der Waals surface area contributed by atoms with Crippen LogP contribution in [0.1, 0.15) is 31.7 Å². The van der Waals surface area contributed by atoms with Crippen molar-refractivity contribution >= 4 is 5.91 Å². The summed E-state index contributed by atoms with van der Waals surface area (Å²) in [5.41, 5.74) is 1.11. The predicted molar refractivity (Wildman–Crippen MR) is 78.0 cm³/mol. The van der Waals surface area contributed by atoms with Crippen LogP contribution in [0.5, 0.6) is 0 Å². The van der Waals surface area contributed by atoms with Crippen LogP contribution >= 0.6 is 0 Å². The van der Waals surface area contributed by atoms with Gasteiger partial charge in [0.05, 0.1) is 6.42 Å². The number of benzene rings is 1. The Morgan fingerprint density at radius 3 is 2.58 bits per heavy atom. The van der Waals surface area contributed by atoms with E-state index >= 15 is 0 Å². The highest BCUT2D eigenvalue weighted by Crippen LogP contribution is 2.14. The van der Waals surface area contributed by atoms with Crippen molar-refractivity contribution in [2.75, 3.05) is 19.6 Å². The molecule has 1 aliphatic heterocycles. The number of carbonyl (C=O) groups excluding carboxylic acids is 1. The highest BCUT2D eigenvalue weighted by molar-refractivity contribution is 5.79. The first-order chi connectivity index (χ1) is 9.31. The van der Waals surface area contributed by atoms with Gasteiger partial charge in [0, 0.05) is 12.6 Å². The van der Waals surface area contributed by atoms with Crippen molar-refractivity contribution in [2.45, 2.75) is 38.6 Å². The Labute approximate surface area is 116 Å². The molecule has 19 heavy (non-hydrogen) atoms. The minimum Gasteiger partial charge on any atom is -0.339 e. The average molecular weight is 260 g/mol. The molecule has 0 bridgehead atoms. The zero-order valence-corrected chi connectivity index (χ0v) is 11.8. The van der Waals surface area contributed by atoms with Gasteiger partial charge in [0.2, 0.25) is 5.91 Å². The topological polar surface area (TPSA) is 32.3 Å². The van der Waals surface area contributed by atoms with E-state index in [-0.39, 0.29) is 5.91 Å². The summed E-state index contributed by atoms with van der Waals surface area (Å²) in [7, 11) is 0. The van der Waals surface area contributed by atoms with E-state index in [0.29, 0.717) is 12.5 Å². The van der Waals surface area contributed by atoms with Crippen LogP contribution in [0.2, 0.25) is 0 Å². The van der Waals surface area contributed by atoms with Gasteiger partial charge in [-0.15, -0.1) is 0 Å². The highest BCUT2D eigenvalue weighted by Gasteiger charge is 2.24. The first-order valence-corrected chi connectivity index (χ1v) is 7.35. The summed E-state index contributed by atoms with van der Waals surface area (Å²) in [6.07, 6.45) is 3.73. The van der Waals surface area contributed by atoms with Crippen molar-refractivity contribution in [1.82, 2.24) is 10.2 Å². The van der Waals surface area contributed by atoms with Gasteiger partial charge >= 0.3 is 0 Å². The van der Waals surface area contributed by atoms with Gasteiger partial charge in [0.15, 0.2) is 0 Å². The van der Waals surface area contributed by atoms with Crippen LogP contribution in [-0.2, 0) is 11.2 Å². The van der Waals surface area contributed by atoms with Crippen LogP contribution in [0.4, 0.5) is 0 Å². The minimum atomic E-state index is 0.278. The van der Waals surface area contributed by atoms with Crippen molar-refractivity contribution < 1.29 is 4.79 Å². The molecule has 1 aliphatic rings. The van der Waals surface area contributed by atoms with Crippen molar-refractivity contribution in [2.24, 2.45) is 0 Å². The van der Waals surface area contributed by atoms with E-state index in [9.17, 15) is 4.79 Å². The Kier molecular flexibility index (Phi) is 5.40. The molecule has 1 heterocycles. The maximum absolute atomic E-state index is 12.5. The van der Waals surface area contributed by atoms with Crippen molar-refractivity contribution in [1.29, 1.82) is 0 Å². The molecule has 1 amide bonds. The molecule has 1 saturated heterocycles. The van der Waals surface area contributed by atoms with Gasteiger partial charge in [-0.05, 0) is 37.9 Å². The van der Waals surface area contributed by atoms with E-state index in [1.54, 1.807) is 0 Å². The monoisotopic (exact) mass is 260 g/mol. The molecule has 0 unspecified atom stereocenters. The number of rotatable bonds is 5. The smallest absolute Gasteiger partial charge is 0.227 e. The zero-order valence-electron chi connectivity index (χ0n) is 11.8. The van der Waals surface area contributed by atoms with Crippen molar-refractivity contribution in [3.8, 4) is 0 Å². The van der Waals surface area contributed by atoms with E-state index in [0.717, 1.165) is 44.5 Å². The van der Waals surface area contributed by atoms with Gasteiger partial charge in [-0.1, -0.05) is 37.3 Å².